The van der Waals surface area contributed by atoms with Crippen molar-refractivity contribution >= 4 is 32.9 Å². The van der Waals surface area contributed by atoms with Crippen molar-refractivity contribution in [3.63, 3.8) is 0 Å². The smallest absolute Gasteiger partial charge is 0.272 e. The molecule has 5 nitrogen and oxygen atoms in total. The maximum absolute atomic E-state index is 12.2. The summed E-state index contributed by atoms with van der Waals surface area (Å²) in [6.07, 6.45) is 3.85. The molecule has 0 aliphatic rings. The van der Waals surface area contributed by atoms with Gasteiger partial charge in [0, 0.05) is 11.4 Å². The summed E-state index contributed by atoms with van der Waals surface area (Å²) in [5.74, 6) is 0.321. The van der Waals surface area contributed by atoms with Gasteiger partial charge in [-0.1, -0.05) is 13.3 Å². The first-order valence-corrected chi connectivity index (χ1v) is 9.10. The van der Waals surface area contributed by atoms with Gasteiger partial charge in [-0.3, -0.25) is 4.72 Å². The van der Waals surface area contributed by atoms with E-state index in [0.29, 0.717) is 10.0 Å². The van der Waals surface area contributed by atoms with Gasteiger partial charge in [0.25, 0.3) is 10.0 Å². The number of hydrogen-bond acceptors (Lipinski definition) is 5. The van der Waals surface area contributed by atoms with Crippen LogP contribution in [0.4, 0.5) is 11.5 Å². The van der Waals surface area contributed by atoms with Crippen LogP contribution in [-0.2, 0) is 10.0 Å². The highest BCUT2D eigenvalue weighted by Gasteiger charge is 2.16. The van der Waals surface area contributed by atoms with E-state index in [1.807, 2.05) is 13.0 Å². The van der Waals surface area contributed by atoms with Gasteiger partial charge in [-0.2, -0.15) is 0 Å². The van der Waals surface area contributed by atoms with Crippen LogP contribution in [0.3, 0.4) is 0 Å². The topological polar surface area (TPSA) is 71.1 Å². The zero-order valence-electron chi connectivity index (χ0n) is 12.1. The summed E-state index contributed by atoms with van der Waals surface area (Å²) in [5, 5.41) is 3.23. The van der Waals surface area contributed by atoms with Crippen molar-refractivity contribution in [2.24, 2.45) is 0 Å². The van der Waals surface area contributed by atoms with Crippen molar-refractivity contribution in [3.8, 4) is 0 Å². The number of unbranched alkanes of at least 4 members (excludes halogenated alkanes) is 1. The maximum atomic E-state index is 12.2. The van der Waals surface area contributed by atoms with Gasteiger partial charge < -0.3 is 5.32 Å². The standard InChI is InChI=1S/C14H19N3O2S2/c1-3-4-9-15-12-6-7-13(16-10-12)17-21(18,19)14-8-5-11(2)20-14/h5-8,10,15H,3-4,9H2,1-2H3,(H,16,17). The first-order valence-electron chi connectivity index (χ1n) is 6.80. The number of aromatic nitrogens is 1. The van der Waals surface area contributed by atoms with E-state index in [2.05, 4.69) is 21.9 Å². The third-order valence-corrected chi connectivity index (χ3v) is 5.69. The van der Waals surface area contributed by atoms with Crippen LogP contribution < -0.4 is 10.0 Å². The molecule has 2 aromatic heterocycles. The summed E-state index contributed by atoms with van der Waals surface area (Å²) < 4.78 is 27.1. The van der Waals surface area contributed by atoms with E-state index in [9.17, 15) is 8.42 Å². The predicted molar refractivity (Wildman–Crippen MR) is 87.5 cm³/mol. The summed E-state index contributed by atoms with van der Waals surface area (Å²) in [4.78, 5) is 5.08. The summed E-state index contributed by atoms with van der Waals surface area (Å²) in [6.45, 7) is 4.89. The quantitative estimate of drug-likeness (QED) is 0.765. The van der Waals surface area contributed by atoms with E-state index < -0.39 is 10.0 Å². The van der Waals surface area contributed by atoms with Crippen molar-refractivity contribution in [1.29, 1.82) is 0 Å². The van der Waals surface area contributed by atoms with E-state index in [1.165, 1.54) is 11.3 Å². The molecule has 2 N–H and O–H groups in total. The Hall–Kier alpha value is -1.60. The molecule has 0 atom stereocenters. The van der Waals surface area contributed by atoms with Crippen LogP contribution in [0.25, 0.3) is 0 Å². The molecule has 21 heavy (non-hydrogen) atoms. The molecule has 2 heterocycles. The molecule has 0 radical (unpaired) electrons. The third-order valence-electron chi connectivity index (χ3n) is 2.84. The molecule has 0 aliphatic heterocycles. The van der Waals surface area contributed by atoms with Gasteiger partial charge in [-0.25, -0.2) is 13.4 Å². The Balaban J connectivity index is 2.03. The van der Waals surface area contributed by atoms with Crippen LogP contribution in [0.1, 0.15) is 24.6 Å². The van der Waals surface area contributed by atoms with Crippen LogP contribution in [0.5, 0.6) is 0 Å². The van der Waals surface area contributed by atoms with Crippen LogP contribution in [0.2, 0.25) is 0 Å². The number of sulfonamides is 1. The van der Waals surface area contributed by atoms with Crippen molar-refractivity contribution in [3.05, 3.63) is 35.3 Å². The molecule has 0 saturated heterocycles. The Labute approximate surface area is 129 Å². The summed E-state index contributed by atoms with van der Waals surface area (Å²) in [7, 11) is -3.54. The molecule has 0 aromatic carbocycles. The lowest BCUT2D eigenvalue weighted by Gasteiger charge is -2.08. The Morgan fingerprint density at radius 3 is 2.62 bits per heavy atom. The molecular formula is C14H19N3O2S2. The molecule has 0 saturated carbocycles. The first-order chi connectivity index (χ1) is 10.0. The summed E-state index contributed by atoms with van der Waals surface area (Å²) in [6, 6.07) is 6.86. The highest BCUT2D eigenvalue weighted by Crippen LogP contribution is 2.23. The van der Waals surface area contributed by atoms with Crippen molar-refractivity contribution < 1.29 is 8.42 Å². The Morgan fingerprint density at radius 1 is 1.24 bits per heavy atom. The van der Waals surface area contributed by atoms with E-state index in [0.717, 1.165) is 30.0 Å². The van der Waals surface area contributed by atoms with Gasteiger partial charge in [0.15, 0.2) is 0 Å². The number of aryl methyl sites for hydroxylation is 1. The van der Waals surface area contributed by atoms with Crippen LogP contribution in [-0.4, -0.2) is 19.9 Å². The summed E-state index contributed by atoms with van der Waals surface area (Å²) in [5.41, 5.74) is 0.887. The van der Waals surface area contributed by atoms with E-state index in [1.54, 1.807) is 24.4 Å². The molecule has 0 amide bonds. The van der Waals surface area contributed by atoms with Crippen LogP contribution in [0.15, 0.2) is 34.7 Å². The van der Waals surface area contributed by atoms with Gasteiger partial charge in [-0.05, 0) is 37.6 Å². The van der Waals surface area contributed by atoms with Crippen molar-refractivity contribution in [2.75, 3.05) is 16.6 Å². The lowest BCUT2D eigenvalue weighted by Crippen LogP contribution is -2.12. The molecule has 0 unspecified atom stereocenters. The monoisotopic (exact) mass is 325 g/mol. The molecule has 0 aliphatic carbocycles. The van der Waals surface area contributed by atoms with Gasteiger partial charge in [-0.15, -0.1) is 11.3 Å². The normalized spacial score (nSPS) is 11.3. The first kappa shape index (κ1) is 15.8. The fraction of sp³-hybridized carbons (Fsp3) is 0.357. The molecule has 2 rings (SSSR count). The third kappa shape index (κ3) is 4.44. The average Bonchev–Trinajstić information content (AvgIpc) is 2.88. The maximum Gasteiger partial charge on any atom is 0.272 e. The lowest BCUT2D eigenvalue weighted by atomic mass is 10.3. The van der Waals surface area contributed by atoms with Crippen molar-refractivity contribution in [1.82, 2.24) is 4.98 Å². The zero-order valence-corrected chi connectivity index (χ0v) is 13.7. The highest BCUT2D eigenvalue weighted by molar-refractivity contribution is 7.94. The second-order valence-electron chi connectivity index (χ2n) is 4.68. The number of nitrogens with one attached hydrogen (secondary N) is 2. The number of anilines is 2. The molecule has 114 valence electrons. The zero-order chi connectivity index (χ0) is 15.3. The molecule has 0 bridgehead atoms. The Bertz CT molecular complexity index is 678. The number of hydrogen-bond donors (Lipinski definition) is 2. The Morgan fingerprint density at radius 2 is 2.05 bits per heavy atom. The highest BCUT2D eigenvalue weighted by atomic mass is 32.2. The molecular weight excluding hydrogens is 306 g/mol. The minimum Gasteiger partial charge on any atom is -0.384 e. The minimum atomic E-state index is -3.54. The van der Waals surface area contributed by atoms with Crippen LogP contribution >= 0.6 is 11.3 Å². The SMILES string of the molecule is CCCCNc1ccc(NS(=O)(=O)c2ccc(C)s2)nc1. The van der Waals surface area contributed by atoms with E-state index >= 15 is 0 Å². The predicted octanol–water partition coefficient (Wildman–Crippen LogP) is 3.46. The fourth-order valence-corrected chi connectivity index (χ4v) is 4.00. The minimum absolute atomic E-state index is 0.298. The summed E-state index contributed by atoms with van der Waals surface area (Å²) >= 11 is 1.24. The van der Waals surface area contributed by atoms with Gasteiger partial charge in [0.05, 0.1) is 11.9 Å². The number of rotatable bonds is 7. The van der Waals surface area contributed by atoms with Gasteiger partial charge in [0.2, 0.25) is 0 Å². The van der Waals surface area contributed by atoms with Gasteiger partial charge in [0.1, 0.15) is 10.0 Å². The average molecular weight is 325 g/mol. The second-order valence-corrected chi connectivity index (χ2v) is 7.88. The largest absolute Gasteiger partial charge is 0.384 e. The molecule has 7 heteroatoms. The number of thiophene rings is 1. The molecule has 0 spiro atoms. The molecule has 2 aromatic rings. The van der Waals surface area contributed by atoms with Crippen LogP contribution in [0, 0.1) is 6.92 Å². The molecule has 0 fully saturated rings. The van der Waals surface area contributed by atoms with E-state index in [4.69, 9.17) is 0 Å². The lowest BCUT2D eigenvalue weighted by molar-refractivity contribution is 0.603. The number of nitrogens with zero attached hydrogens (tertiary/aromatic N) is 1. The van der Waals surface area contributed by atoms with Gasteiger partial charge >= 0.3 is 0 Å². The number of pyridine rings is 1. The van der Waals surface area contributed by atoms with Crippen molar-refractivity contribution in [2.45, 2.75) is 30.9 Å². The van der Waals surface area contributed by atoms with E-state index in [-0.39, 0.29) is 0 Å². The second kappa shape index (κ2) is 6.91. The fourth-order valence-electron chi connectivity index (χ4n) is 1.71. The Kier molecular flexibility index (Phi) is 5.19.